The molecular formula is C26H28O4. The van der Waals surface area contributed by atoms with Gasteiger partial charge in [-0.1, -0.05) is 72.8 Å². The fraction of sp³-hybridized carbons (Fsp3) is 0.308. The van der Waals surface area contributed by atoms with Gasteiger partial charge in [0.05, 0.1) is 11.8 Å². The maximum absolute atomic E-state index is 10.9. The molecule has 2 atom stereocenters. The second-order valence-corrected chi connectivity index (χ2v) is 7.82. The molecule has 156 valence electrons. The molecule has 0 spiro atoms. The summed E-state index contributed by atoms with van der Waals surface area (Å²) in [7, 11) is 0. The van der Waals surface area contributed by atoms with Gasteiger partial charge in [0.15, 0.2) is 0 Å². The molecule has 2 aliphatic rings. The van der Waals surface area contributed by atoms with E-state index in [0.29, 0.717) is 12.8 Å². The smallest absolute Gasteiger partial charge is 0.306 e. The van der Waals surface area contributed by atoms with Crippen LogP contribution >= 0.6 is 0 Å². The molecular weight excluding hydrogens is 376 g/mol. The van der Waals surface area contributed by atoms with Gasteiger partial charge in [-0.15, -0.1) is 0 Å². The van der Waals surface area contributed by atoms with Gasteiger partial charge in [-0.05, 0) is 60.8 Å². The van der Waals surface area contributed by atoms with Gasteiger partial charge >= 0.3 is 11.9 Å². The van der Waals surface area contributed by atoms with Crippen molar-refractivity contribution in [1.29, 1.82) is 0 Å². The molecule has 0 amide bonds. The molecule has 4 heteroatoms. The Hall–Kier alpha value is -3.14. The van der Waals surface area contributed by atoms with E-state index in [1.807, 2.05) is 60.7 Å². The Bertz CT molecular complexity index is 835. The number of carboxylic acids is 2. The first-order chi connectivity index (χ1) is 14.5. The zero-order valence-corrected chi connectivity index (χ0v) is 17.0. The number of allylic oxidation sites excluding steroid dienone is 4. The van der Waals surface area contributed by atoms with Crippen LogP contribution in [0, 0.1) is 11.8 Å². The molecule has 4 rings (SSSR count). The van der Waals surface area contributed by atoms with E-state index in [9.17, 15) is 9.59 Å². The third-order valence-corrected chi connectivity index (χ3v) is 5.73. The van der Waals surface area contributed by atoms with Gasteiger partial charge in [-0.3, -0.25) is 9.59 Å². The van der Waals surface area contributed by atoms with E-state index in [1.54, 1.807) is 0 Å². The molecule has 0 aromatic heterocycles. The molecule has 0 saturated heterocycles. The number of aliphatic carboxylic acids is 2. The van der Waals surface area contributed by atoms with Crippen molar-refractivity contribution in [3.05, 3.63) is 83.9 Å². The molecule has 2 aromatic rings. The minimum absolute atomic E-state index is 0.204. The van der Waals surface area contributed by atoms with Crippen LogP contribution in [0.25, 0.3) is 11.1 Å². The van der Waals surface area contributed by atoms with Crippen LogP contribution in [0.5, 0.6) is 0 Å². The summed E-state index contributed by atoms with van der Waals surface area (Å²) in [5.74, 6) is -1.75. The van der Waals surface area contributed by atoms with E-state index in [4.69, 9.17) is 10.2 Å². The third kappa shape index (κ3) is 5.93. The maximum Gasteiger partial charge on any atom is 0.306 e. The highest BCUT2D eigenvalue weighted by Gasteiger charge is 2.23. The number of rotatable bonds is 4. The Labute approximate surface area is 177 Å². The predicted octanol–water partition coefficient (Wildman–Crippen LogP) is 5.91. The number of hydrogen-bond acceptors (Lipinski definition) is 2. The van der Waals surface area contributed by atoms with Crippen molar-refractivity contribution < 1.29 is 19.8 Å². The lowest BCUT2D eigenvalue weighted by atomic mass is 9.86. The highest BCUT2D eigenvalue weighted by molar-refractivity contribution is 5.77. The lowest BCUT2D eigenvalue weighted by Crippen LogP contribution is -2.16. The van der Waals surface area contributed by atoms with E-state index in [1.165, 1.54) is 11.1 Å². The van der Waals surface area contributed by atoms with E-state index >= 15 is 0 Å². The van der Waals surface area contributed by atoms with Gasteiger partial charge in [0.1, 0.15) is 0 Å². The summed E-state index contributed by atoms with van der Waals surface area (Å²) in [6.07, 6.45) is 8.95. The van der Waals surface area contributed by atoms with Crippen LogP contribution in [0.1, 0.15) is 49.7 Å². The summed E-state index contributed by atoms with van der Waals surface area (Å²) in [5.41, 5.74) is 4.66. The van der Waals surface area contributed by atoms with Crippen molar-refractivity contribution >= 4 is 23.1 Å². The standard InChI is InChI=1S/2C13H14O2/c2*14-13(15)12-8-4-7-11(9-12)10-5-2-1-3-6-10/h2*1-3,5-7,12H,4,8-9H2,(H,14,15). The first kappa shape index (κ1) is 21.6. The van der Waals surface area contributed by atoms with Crippen molar-refractivity contribution in [2.45, 2.75) is 38.5 Å². The average Bonchev–Trinajstić information content (AvgIpc) is 2.81. The van der Waals surface area contributed by atoms with Crippen LogP contribution in [-0.4, -0.2) is 22.2 Å². The minimum atomic E-state index is -0.670. The van der Waals surface area contributed by atoms with Crippen LogP contribution in [-0.2, 0) is 9.59 Å². The largest absolute Gasteiger partial charge is 0.481 e. The molecule has 2 aromatic carbocycles. The monoisotopic (exact) mass is 404 g/mol. The zero-order valence-electron chi connectivity index (χ0n) is 17.0. The van der Waals surface area contributed by atoms with Crippen molar-refractivity contribution in [1.82, 2.24) is 0 Å². The molecule has 0 saturated carbocycles. The molecule has 0 fully saturated rings. The van der Waals surface area contributed by atoms with Crippen LogP contribution in [0.15, 0.2) is 72.8 Å². The van der Waals surface area contributed by atoms with Crippen molar-refractivity contribution in [3.8, 4) is 0 Å². The molecule has 4 nitrogen and oxygen atoms in total. The molecule has 0 aliphatic heterocycles. The third-order valence-electron chi connectivity index (χ3n) is 5.73. The van der Waals surface area contributed by atoms with E-state index < -0.39 is 11.9 Å². The average molecular weight is 405 g/mol. The van der Waals surface area contributed by atoms with Gasteiger partial charge in [-0.25, -0.2) is 0 Å². The number of carboxylic acid groups (broad SMARTS) is 2. The zero-order chi connectivity index (χ0) is 21.3. The SMILES string of the molecule is O=C(O)C1CCC=C(c2ccccc2)C1.O=C(O)C1CCC=C(c2ccccc2)C1. The first-order valence-electron chi connectivity index (χ1n) is 10.5. The normalized spacial score (nSPS) is 20.8. The molecule has 2 aliphatic carbocycles. The number of hydrogen-bond donors (Lipinski definition) is 2. The summed E-state index contributed by atoms with van der Waals surface area (Å²) in [6.45, 7) is 0. The molecule has 0 radical (unpaired) electrons. The van der Waals surface area contributed by atoms with Crippen LogP contribution in [0.4, 0.5) is 0 Å². The van der Waals surface area contributed by atoms with Crippen molar-refractivity contribution in [2.24, 2.45) is 11.8 Å². The van der Waals surface area contributed by atoms with Crippen LogP contribution in [0.3, 0.4) is 0 Å². The molecule has 0 bridgehead atoms. The highest BCUT2D eigenvalue weighted by Crippen LogP contribution is 2.31. The van der Waals surface area contributed by atoms with Crippen LogP contribution < -0.4 is 0 Å². The summed E-state index contributed by atoms with van der Waals surface area (Å²) >= 11 is 0. The second-order valence-electron chi connectivity index (χ2n) is 7.82. The Kier molecular flexibility index (Phi) is 7.61. The maximum atomic E-state index is 10.9. The summed E-state index contributed by atoms with van der Waals surface area (Å²) in [4.78, 5) is 21.8. The quantitative estimate of drug-likeness (QED) is 0.664. The van der Waals surface area contributed by atoms with Gasteiger partial charge in [0.25, 0.3) is 0 Å². The number of carbonyl (C=O) groups is 2. The summed E-state index contributed by atoms with van der Waals surface area (Å²) in [5, 5.41) is 18.0. The minimum Gasteiger partial charge on any atom is -0.481 e. The Morgan fingerprint density at radius 3 is 1.33 bits per heavy atom. The fourth-order valence-electron chi connectivity index (χ4n) is 4.02. The topological polar surface area (TPSA) is 74.6 Å². The second kappa shape index (κ2) is 10.6. The van der Waals surface area contributed by atoms with E-state index in [0.717, 1.165) is 36.8 Å². The van der Waals surface area contributed by atoms with E-state index in [-0.39, 0.29) is 11.8 Å². The van der Waals surface area contributed by atoms with E-state index in [2.05, 4.69) is 12.2 Å². The summed E-state index contributed by atoms with van der Waals surface area (Å²) in [6, 6.07) is 20.0. The Balaban J connectivity index is 0.000000171. The van der Waals surface area contributed by atoms with Gasteiger partial charge in [0, 0.05) is 0 Å². The first-order valence-corrected chi connectivity index (χ1v) is 10.5. The van der Waals surface area contributed by atoms with Crippen molar-refractivity contribution in [2.75, 3.05) is 0 Å². The summed E-state index contributed by atoms with van der Waals surface area (Å²) < 4.78 is 0. The Morgan fingerprint density at radius 2 is 1.00 bits per heavy atom. The number of benzene rings is 2. The highest BCUT2D eigenvalue weighted by atomic mass is 16.4. The molecule has 2 unspecified atom stereocenters. The van der Waals surface area contributed by atoms with Gasteiger partial charge in [-0.2, -0.15) is 0 Å². The van der Waals surface area contributed by atoms with Gasteiger partial charge < -0.3 is 10.2 Å². The Morgan fingerprint density at radius 1 is 0.633 bits per heavy atom. The van der Waals surface area contributed by atoms with Crippen LogP contribution in [0.2, 0.25) is 0 Å². The predicted molar refractivity (Wildman–Crippen MR) is 119 cm³/mol. The molecule has 2 N–H and O–H groups in total. The lowest BCUT2D eigenvalue weighted by Gasteiger charge is -2.19. The molecule has 30 heavy (non-hydrogen) atoms. The lowest BCUT2D eigenvalue weighted by molar-refractivity contribution is -0.142. The van der Waals surface area contributed by atoms with Crippen molar-refractivity contribution in [3.63, 3.8) is 0 Å². The van der Waals surface area contributed by atoms with Gasteiger partial charge in [0.2, 0.25) is 0 Å². The molecule has 0 heterocycles. The fourth-order valence-corrected chi connectivity index (χ4v) is 4.02.